The topological polar surface area (TPSA) is 98.9 Å². The molecule has 1 aliphatic rings. The molecule has 7 heteroatoms. The molecule has 1 aromatic carbocycles. The van der Waals surface area contributed by atoms with Crippen LogP contribution in [-0.4, -0.2) is 72.2 Å². The van der Waals surface area contributed by atoms with E-state index in [0.29, 0.717) is 45.7 Å². The number of hydrogen-bond acceptors (Lipinski definition) is 4. The molecule has 2 rings (SSSR count). The lowest BCUT2D eigenvalue weighted by molar-refractivity contribution is -0.122. The van der Waals surface area contributed by atoms with Crippen molar-refractivity contribution in [1.29, 1.82) is 0 Å². The zero-order chi connectivity index (χ0) is 16.7. The number of nitrogens with zero attached hydrogens (tertiary/aromatic N) is 2. The van der Waals surface area contributed by atoms with Crippen molar-refractivity contribution in [2.45, 2.75) is 12.5 Å². The van der Waals surface area contributed by atoms with Crippen LogP contribution in [0, 0.1) is 0 Å². The van der Waals surface area contributed by atoms with Gasteiger partial charge in [-0.15, -0.1) is 0 Å². The predicted octanol–water partition coefficient (Wildman–Crippen LogP) is -0.0318. The number of benzene rings is 1. The van der Waals surface area contributed by atoms with Crippen molar-refractivity contribution in [3.63, 3.8) is 0 Å². The number of rotatable bonds is 6. The number of amides is 2. The molecule has 1 heterocycles. The highest BCUT2D eigenvalue weighted by Gasteiger charge is 2.20. The molecular formula is C16H24N4O3. The highest BCUT2D eigenvalue weighted by atomic mass is 16.4. The lowest BCUT2D eigenvalue weighted by Crippen LogP contribution is -2.50. The van der Waals surface area contributed by atoms with E-state index in [1.165, 1.54) is 4.90 Å². The number of carbonyl (C=O) groups is 2. The van der Waals surface area contributed by atoms with Crippen LogP contribution in [-0.2, 0) is 11.2 Å². The molecule has 1 aromatic rings. The van der Waals surface area contributed by atoms with E-state index in [2.05, 4.69) is 10.2 Å². The number of carbonyl (C=O) groups excluding carboxylic acids is 1. The first-order chi connectivity index (χ1) is 11.1. The van der Waals surface area contributed by atoms with Gasteiger partial charge in [0.05, 0.1) is 6.04 Å². The summed E-state index contributed by atoms with van der Waals surface area (Å²) in [5.41, 5.74) is 6.96. The minimum atomic E-state index is -0.871. The third kappa shape index (κ3) is 5.54. The Balaban J connectivity index is 1.64. The van der Waals surface area contributed by atoms with Crippen LogP contribution in [0.25, 0.3) is 0 Å². The van der Waals surface area contributed by atoms with Crippen LogP contribution in [0.5, 0.6) is 0 Å². The second-order valence-electron chi connectivity index (χ2n) is 5.70. The molecule has 1 aliphatic heterocycles. The summed E-state index contributed by atoms with van der Waals surface area (Å²) in [6, 6.07) is 9.14. The molecule has 7 nitrogen and oxygen atoms in total. The third-order valence-electron chi connectivity index (χ3n) is 4.01. The molecule has 1 saturated heterocycles. The van der Waals surface area contributed by atoms with Gasteiger partial charge in [-0.2, -0.15) is 0 Å². The van der Waals surface area contributed by atoms with E-state index in [4.69, 9.17) is 10.8 Å². The zero-order valence-electron chi connectivity index (χ0n) is 13.1. The number of hydrogen-bond donors (Lipinski definition) is 3. The Morgan fingerprint density at radius 2 is 1.83 bits per heavy atom. The van der Waals surface area contributed by atoms with Gasteiger partial charge in [0, 0.05) is 39.3 Å². The van der Waals surface area contributed by atoms with Gasteiger partial charge in [-0.25, -0.2) is 4.79 Å². The quantitative estimate of drug-likeness (QED) is 0.683. The molecule has 4 N–H and O–H groups in total. The van der Waals surface area contributed by atoms with Crippen molar-refractivity contribution in [3.05, 3.63) is 35.9 Å². The highest BCUT2D eigenvalue weighted by molar-refractivity contribution is 5.81. The summed E-state index contributed by atoms with van der Waals surface area (Å²) < 4.78 is 0. The van der Waals surface area contributed by atoms with Gasteiger partial charge in [0.1, 0.15) is 0 Å². The maximum atomic E-state index is 12.0. The predicted molar refractivity (Wildman–Crippen MR) is 87.2 cm³/mol. The number of piperazine rings is 1. The second-order valence-corrected chi connectivity index (χ2v) is 5.70. The SMILES string of the molecule is NC(Cc1ccccc1)C(=O)NCCN1CCN(C(=O)O)CC1. The fourth-order valence-corrected chi connectivity index (χ4v) is 2.59. The van der Waals surface area contributed by atoms with E-state index in [1.54, 1.807) is 0 Å². The summed E-state index contributed by atoms with van der Waals surface area (Å²) >= 11 is 0. The molecule has 0 aliphatic carbocycles. The molecule has 0 aromatic heterocycles. The monoisotopic (exact) mass is 320 g/mol. The van der Waals surface area contributed by atoms with Crippen LogP contribution in [0.1, 0.15) is 5.56 Å². The number of nitrogens with two attached hydrogens (primary N) is 1. The molecule has 0 bridgehead atoms. The molecule has 1 unspecified atom stereocenters. The Kier molecular flexibility index (Phi) is 6.37. The van der Waals surface area contributed by atoms with Crippen LogP contribution in [0.2, 0.25) is 0 Å². The second kappa shape index (κ2) is 8.50. The molecule has 1 atom stereocenters. The third-order valence-corrected chi connectivity index (χ3v) is 4.01. The highest BCUT2D eigenvalue weighted by Crippen LogP contribution is 2.03. The first-order valence-electron chi connectivity index (χ1n) is 7.83. The van der Waals surface area contributed by atoms with Crippen molar-refractivity contribution in [2.75, 3.05) is 39.3 Å². The maximum absolute atomic E-state index is 12.0. The van der Waals surface area contributed by atoms with Gasteiger partial charge in [0.25, 0.3) is 0 Å². The van der Waals surface area contributed by atoms with Crippen molar-refractivity contribution in [2.24, 2.45) is 5.73 Å². The standard InChI is InChI=1S/C16H24N4O3/c17-14(12-13-4-2-1-3-5-13)15(21)18-6-7-19-8-10-20(11-9-19)16(22)23/h1-5,14H,6-12,17H2,(H,18,21)(H,22,23). The molecule has 1 fully saturated rings. The average molecular weight is 320 g/mol. The summed E-state index contributed by atoms with van der Waals surface area (Å²) in [5, 5.41) is 11.7. The Morgan fingerprint density at radius 1 is 1.17 bits per heavy atom. The van der Waals surface area contributed by atoms with Crippen LogP contribution >= 0.6 is 0 Å². The molecule has 23 heavy (non-hydrogen) atoms. The van der Waals surface area contributed by atoms with Crippen molar-refractivity contribution in [1.82, 2.24) is 15.1 Å². The zero-order valence-corrected chi connectivity index (χ0v) is 13.1. The van der Waals surface area contributed by atoms with E-state index in [1.807, 2.05) is 30.3 Å². The molecule has 0 saturated carbocycles. The fourth-order valence-electron chi connectivity index (χ4n) is 2.59. The summed E-state index contributed by atoms with van der Waals surface area (Å²) in [5.74, 6) is -0.155. The van der Waals surface area contributed by atoms with Crippen LogP contribution in [0.15, 0.2) is 30.3 Å². The summed E-state index contributed by atoms with van der Waals surface area (Å²) in [4.78, 5) is 26.4. The van der Waals surface area contributed by atoms with E-state index in [0.717, 1.165) is 5.56 Å². The lowest BCUT2D eigenvalue weighted by atomic mass is 10.1. The summed E-state index contributed by atoms with van der Waals surface area (Å²) in [6.07, 6.45) is -0.353. The normalized spacial score (nSPS) is 16.8. The minimum absolute atomic E-state index is 0.155. The van der Waals surface area contributed by atoms with E-state index in [-0.39, 0.29) is 5.91 Å². The molecule has 2 amide bonds. The molecule has 126 valence electrons. The lowest BCUT2D eigenvalue weighted by Gasteiger charge is -2.33. The first kappa shape index (κ1) is 17.2. The van der Waals surface area contributed by atoms with E-state index >= 15 is 0 Å². The van der Waals surface area contributed by atoms with Gasteiger partial charge in [0.15, 0.2) is 0 Å². The van der Waals surface area contributed by atoms with Gasteiger partial charge < -0.3 is 21.1 Å². The molecule has 0 spiro atoms. The number of nitrogens with one attached hydrogen (secondary N) is 1. The summed E-state index contributed by atoms with van der Waals surface area (Å²) in [7, 11) is 0. The molecule has 0 radical (unpaired) electrons. The Hall–Kier alpha value is -2.12. The fraction of sp³-hybridized carbons (Fsp3) is 0.500. The van der Waals surface area contributed by atoms with Gasteiger partial charge in [0.2, 0.25) is 5.91 Å². The van der Waals surface area contributed by atoms with E-state index in [9.17, 15) is 9.59 Å². The van der Waals surface area contributed by atoms with Crippen LogP contribution in [0.3, 0.4) is 0 Å². The first-order valence-corrected chi connectivity index (χ1v) is 7.83. The van der Waals surface area contributed by atoms with Crippen LogP contribution < -0.4 is 11.1 Å². The van der Waals surface area contributed by atoms with Crippen LogP contribution in [0.4, 0.5) is 4.79 Å². The van der Waals surface area contributed by atoms with Gasteiger partial charge in [-0.3, -0.25) is 9.69 Å². The Morgan fingerprint density at radius 3 is 2.43 bits per heavy atom. The Bertz CT molecular complexity index is 515. The largest absolute Gasteiger partial charge is 0.465 e. The summed E-state index contributed by atoms with van der Waals surface area (Å²) in [6.45, 7) is 3.63. The van der Waals surface area contributed by atoms with E-state index < -0.39 is 12.1 Å². The number of carboxylic acid groups (broad SMARTS) is 1. The smallest absolute Gasteiger partial charge is 0.407 e. The van der Waals surface area contributed by atoms with Gasteiger partial charge in [-0.1, -0.05) is 30.3 Å². The minimum Gasteiger partial charge on any atom is -0.465 e. The van der Waals surface area contributed by atoms with Crippen molar-refractivity contribution in [3.8, 4) is 0 Å². The van der Waals surface area contributed by atoms with Gasteiger partial charge in [-0.05, 0) is 12.0 Å². The maximum Gasteiger partial charge on any atom is 0.407 e. The van der Waals surface area contributed by atoms with Crippen molar-refractivity contribution >= 4 is 12.0 Å². The average Bonchev–Trinajstić information content (AvgIpc) is 2.56. The Labute approximate surface area is 136 Å². The van der Waals surface area contributed by atoms with Gasteiger partial charge >= 0.3 is 6.09 Å². The molecular weight excluding hydrogens is 296 g/mol. The van der Waals surface area contributed by atoms with Crippen molar-refractivity contribution < 1.29 is 14.7 Å².